The van der Waals surface area contributed by atoms with Crippen molar-refractivity contribution in [3.63, 3.8) is 0 Å². The Balaban J connectivity index is 2.15. The molecule has 1 aliphatic heterocycles. The highest BCUT2D eigenvalue weighted by molar-refractivity contribution is 7.89. The van der Waals surface area contributed by atoms with Gasteiger partial charge in [0.1, 0.15) is 0 Å². The molecule has 10 heteroatoms. The average Bonchev–Trinajstić information content (AvgIpc) is 2.47. The van der Waals surface area contributed by atoms with E-state index in [1.165, 1.54) is 16.4 Å². The number of nitro groups is 1. The molecule has 9 nitrogen and oxygen atoms in total. The van der Waals surface area contributed by atoms with Gasteiger partial charge >= 0.3 is 6.09 Å². The predicted molar refractivity (Wildman–Crippen MR) is 71.5 cm³/mol. The maximum absolute atomic E-state index is 12.3. The lowest BCUT2D eigenvalue weighted by atomic mass is 10.3. The maximum Gasteiger partial charge on any atom is 0.407 e. The third-order valence-corrected chi connectivity index (χ3v) is 5.11. The third kappa shape index (κ3) is 3.11. The van der Waals surface area contributed by atoms with E-state index in [4.69, 9.17) is 5.11 Å². The highest BCUT2D eigenvalue weighted by Gasteiger charge is 2.30. The van der Waals surface area contributed by atoms with E-state index in [1.54, 1.807) is 0 Å². The molecule has 21 heavy (non-hydrogen) atoms. The summed E-state index contributed by atoms with van der Waals surface area (Å²) >= 11 is 0. The zero-order chi connectivity index (χ0) is 15.6. The van der Waals surface area contributed by atoms with Crippen LogP contribution in [0.2, 0.25) is 0 Å². The lowest BCUT2D eigenvalue weighted by Crippen LogP contribution is -2.50. The number of hydrogen-bond acceptors (Lipinski definition) is 5. The molecule has 1 amide bonds. The van der Waals surface area contributed by atoms with Crippen LogP contribution in [0.15, 0.2) is 29.2 Å². The first-order chi connectivity index (χ1) is 9.82. The summed E-state index contributed by atoms with van der Waals surface area (Å²) in [6.45, 7) is 0.320. The molecule has 114 valence electrons. The molecule has 1 heterocycles. The smallest absolute Gasteiger partial charge is 0.407 e. The number of rotatable bonds is 3. The van der Waals surface area contributed by atoms with Crippen LogP contribution >= 0.6 is 0 Å². The fourth-order valence-electron chi connectivity index (χ4n) is 2.01. The number of benzene rings is 1. The molecule has 1 aromatic carbocycles. The number of carbonyl (C=O) groups is 1. The summed E-state index contributed by atoms with van der Waals surface area (Å²) in [5.41, 5.74) is -0.190. The number of non-ortho nitro benzene ring substituents is 1. The van der Waals surface area contributed by atoms with Crippen molar-refractivity contribution < 1.29 is 23.2 Å². The molecule has 0 spiro atoms. The van der Waals surface area contributed by atoms with E-state index < -0.39 is 21.0 Å². The standard InChI is InChI=1S/C11H13N3O6S/c15-11(16)12-5-7-13(8-6-12)21(19,20)10-3-1-9(2-4-10)14(17)18/h1-4H,5-8H2,(H,15,16). The van der Waals surface area contributed by atoms with Gasteiger partial charge in [-0.15, -0.1) is 0 Å². The lowest BCUT2D eigenvalue weighted by molar-refractivity contribution is -0.384. The van der Waals surface area contributed by atoms with Gasteiger partial charge in [0.05, 0.1) is 9.82 Å². The quantitative estimate of drug-likeness (QED) is 0.643. The zero-order valence-electron chi connectivity index (χ0n) is 10.9. The summed E-state index contributed by atoms with van der Waals surface area (Å²) in [6, 6.07) is 4.61. The monoisotopic (exact) mass is 315 g/mol. The first-order valence-corrected chi connectivity index (χ1v) is 7.49. The number of amides is 1. The molecule has 1 saturated heterocycles. The number of piperazine rings is 1. The molecular weight excluding hydrogens is 302 g/mol. The fourth-order valence-corrected chi connectivity index (χ4v) is 3.43. The minimum absolute atomic E-state index is 0.0446. The number of nitrogens with zero attached hydrogens (tertiary/aromatic N) is 3. The van der Waals surface area contributed by atoms with Gasteiger partial charge in [-0.1, -0.05) is 0 Å². The highest BCUT2D eigenvalue weighted by Crippen LogP contribution is 2.20. The van der Waals surface area contributed by atoms with Crippen LogP contribution in [-0.2, 0) is 10.0 Å². The minimum Gasteiger partial charge on any atom is -0.465 e. The van der Waals surface area contributed by atoms with Gasteiger partial charge in [-0.3, -0.25) is 10.1 Å². The maximum atomic E-state index is 12.3. The Kier molecular flexibility index (Phi) is 4.09. The van der Waals surface area contributed by atoms with E-state index in [9.17, 15) is 23.3 Å². The van der Waals surface area contributed by atoms with E-state index in [2.05, 4.69) is 0 Å². The zero-order valence-corrected chi connectivity index (χ0v) is 11.7. The van der Waals surface area contributed by atoms with E-state index in [-0.39, 0.29) is 36.8 Å². The van der Waals surface area contributed by atoms with Crippen LogP contribution in [0.25, 0.3) is 0 Å². The molecule has 0 bridgehead atoms. The molecule has 0 aromatic heterocycles. The van der Waals surface area contributed by atoms with Crippen molar-refractivity contribution in [1.82, 2.24) is 9.21 Å². The Morgan fingerprint density at radius 2 is 1.67 bits per heavy atom. The molecule has 2 rings (SSSR count). The Morgan fingerprint density at radius 3 is 2.10 bits per heavy atom. The van der Waals surface area contributed by atoms with Crippen molar-refractivity contribution in [2.45, 2.75) is 4.90 Å². The van der Waals surface area contributed by atoms with Gasteiger partial charge < -0.3 is 10.0 Å². The molecular formula is C11H13N3O6S. The number of hydrogen-bond donors (Lipinski definition) is 1. The van der Waals surface area contributed by atoms with Gasteiger partial charge in [0.15, 0.2) is 0 Å². The fraction of sp³-hybridized carbons (Fsp3) is 0.364. The van der Waals surface area contributed by atoms with Gasteiger partial charge in [0, 0.05) is 38.3 Å². The van der Waals surface area contributed by atoms with Crippen LogP contribution in [0.1, 0.15) is 0 Å². The van der Waals surface area contributed by atoms with E-state index >= 15 is 0 Å². The van der Waals surface area contributed by atoms with Crippen LogP contribution in [-0.4, -0.2) is 59.9 Å². The first kappa shape index (κ1) is 15.2. The molecule has 1 aromatic rings. The van der Waals surface area contributed by atoms with E-state index in [0.717, 1.165) is 17.0 Å². The van der Waals surface area contributed by atoms with Crippen molar-refractivity contribution in [2.24, 2.45) is 0 Å². The van der Waals surface area contributed by atoms with Gasteiger partial charge in [0.2, 0.25) is 10.0 Å². The Morgan fingerprint density at radius 1 is 1.14 bits per heavy atom. The average molecular weight is 315 g/mol. The van der Waals surface area contributed by atoms with Crippen molar-refractivity contribution in [2.75, 3.05) is 26.2 Å². The van der Waals surface area contributed by atoms with Gasteiger partial charge in [-0.25, -0.2) is 13.2 Å². The number of sulfonamides is 1. The second-order valence-corrected chi connectivity index (χ2v) is 6.36. The van der Waals surface area contributed by atoms with E-state index in [1.807, 2.05) is 0 Å². The summed E-state index contributed by atoms with van der Waals surface area (Å²) in [5, 5.41) is 19.4. The van der Waals surface area contributed by atoms with Crippen LogP contribution in [0, 0.1) is 10.1 Å². The van der Waals surface area contributed by atoms with Crippen LogP contribution in [0.5, 0.6) is 0 Å². The molecule has 1 aliphatic rings. The Bertz CT molecular complexity index is 649. The number of nitro benzene ring substituents is 1. The summed E-state index contributed by atoms with van der Waals surface area (Å²) in [6.07, 6.45) is -1.08. The Labute approximate surface area is 120 Å². The van der Waals surface area contributed by atoms with Crippen LogP contribution in [0.4, 0.5) is 10.5 Å². The molecule has 1 fully saturated rings. The minimum atomic E-state index is -3.76. The topological polar surface area (TPSA) is 121 Å². The second-order valence-electron chi connectivity index (χ2n) is 4.42. The van der Waals surface area contributed by atoms with Crippen LogP contribution in [0.3, 0.4) is 0 Å². The van der Waals surface area contributed by atoms with Crippen molar-refractivity contribution >= 4 is 21.8 Å². The number of carboxylic acid groups (broad SMARTS) is 1. The molecule has 0 unspecified atom stereocenters. The molecule has 0 aliphatic carbocycles. The lowest BCUT2D eigenvalue weighted by Gasteiger charge is -2.32. The summed E-state index contributed by atoms with van der Waals surface area (Å²) in [4.78, 5) is 21.8. The van der Waals surface area contributed by atoms with Gasteiger partial charge in [0.25, 0.3) is 5.69 Å². The largest absolute Gasteiger partial charge is 0.465 e. The first-order valence-electron chi connectivity index (χ1n) is 6.05. The van der Waals surface area contributed by atoms with Crippen LogP contribution < -0.4 is 0 Å². The summed E-state index contributed by atoms with van der Waals surface area (Å²) < 4.78 is 25.8. The second kappa shape index (κ2) is 5.66. The van der Waals surface area contributed by atoms with Crippen molar-refractivity contribution in [3.8, 4) is 0 Å². The summed E-state index contributed by atoms with van der Waals surface area (Å²) in [5.74, 6) is 0. The summed E-state index contributed by atoms with van der Waals surface area (Å²) in [7, 11) is -3.76. The van der Waals surface area contributed by atoms with Crippen molar-refractivity contribution in [1.29, 1.82) is 0 Å². The van der Waals surface area contributed by atoms with Gasteiger partial charge in [-0.2, -0.15) is 4.31 Å². The molecule has 0 radical (unpaired) electrons. The SMILES string of the molecule is O=C(O)N1CCN(S(=O)(=O)c2ccc([N+](=O)[O-])cc2)CC1. The third-order valence-electron chi connectivity index (χ3n) is 3.19. The van der Waals surface area contributed by atoms with Crippen molar-refractivity contribution in [3.05, 3.63) is 34.4 Å². The normalized spacial score (nSPS) is 16.7. The van der Waals surface area contributed by atoms with E-state index in [0.29, 0.717) is 0 Å². The molecule has 0 atom stereocenters. The van der Waals surface area contributed by atoms with Gasteiger partial charge in [-0.05, 0) is 12.1 Å². The predicted octanol–water partition coefficient (Wildman–Crippen LogP) is 0.579. The molecule has 0 saturated carbocycles. The highest BCUT2D eigenvalue weighted by atomic mass is 32.2. The Hall–Kier alpha value is -2.20. The molecule has 1 N–H and O–H groups in total.